The Kier molecular flexibility index (Phi) is 10.1. The van der Waals surface area contributed by atoms with Gasteiger partial charge in [0.05, 0.1) is 25.1 Å². The van der Waals surface area contributed by atoms with Gasteiger partial charge in [0, 0.05) is 48.3 Å². The Morgan fingerprint density at radius 3 is 1.89 bits per heavy atom. The molecule has 3 aromatic rings. The molecule has 1 unspecified atom stereocenters. The normalized spacial score (nSPS) is 22.4. The van der Waals surface area contributed by atoms with Crippen molar-refractivity contribution in [3.05, 3.63) is 99.0 Å². The number of carboxylic acids is 1. The Morgan fingerprint density at radius 2 is 1.42 bits per heavy atom. The van der Waals surface area contributed by atoms with Gasteiger partial charge in [0.2, 0.25) is 0 Å². The maximum atomic E-state index is 15.0. The number of hydrogen-bond acceptors (Lipinski definition) is 6. The van der Waals surface area contributed by atoms with Crippen LogP contribution in [0.4, 0.5) is 0 Å². The average molecular weight is 654 g/mol. The number of rotatable bonds is 9. The molecular weight excluding hydrogens is 611 g/mol. The first kappa shape index (κ1) is 33.2. The molecule has 1 amide bonds. The van der Waals surface area contributed by atoms with Gasteiger partial charge in [0.25, 0.3) is 5.91 Å². The van der Waals surface area contributed by atoms with Gasteiger partial charge in [-0.3, -0.25) is 25.1 Å². The highest BCUT2D eigenvalue weighted by atomic mass is 35.5. The highest BCUT2D eigenvalue weighted by molar-refractivity contribution is 6.30. The molecule has 45 heavy (non-hydrogen) atoms. The topological polar surface area (TPSA) is 94.1 Å². The number of carbonyl (C=O) groups excluding carboxylic acids is 1. The lowest BCUT2D eigenvalue weighted by atomic mass is 9.84. The summed E-state index contributed by atoms with van der Waals surface area (Å²) in [6, 6.07) is 20.9. The van der Waals surface area contributed by atoms with Crippen LogP contribution in [0.2, 0.25) is 10.0 Å². The number of halogens is 2. The molecule has 10 heteroatoms. The first-order valence-corrected chi connectivity index (χ1v) is 16.2. The maximum Gasteiger partial charge on any atom is 0.304 e. The van der Waals surface area contributed by atoms with E-state index in [1.54, 1.807) is 0 Å². The second kappa shape index (κ2) is 13.7. The lowest BCUT2D eigenvalue weighted by Gasteiger charge is -2.41. The van der Waals surface area contributed by atoms with E-state index in [1.807, 2.05) is 72.5 Å². The van der Waals surface area contributed by atoms with Gasteiger partial charge in [-0.2, -0.15) is 0 Å². The molecule has 3 N–H and O–H groups in total. The quantitative estimate of drug-likeness (QED) is 0.256. The van der Waals surface area contributed by atoms with Crippen molar-refractivity contribution in [3.8, 4) is 5.75 Å². The SMILES string of the molecule is CCOc1cc(C(C)(C)C)ccc1C1(C(=O)N2CCN(CCC(=O)O)CC2)N[C@H](c2ccc(Cl)cc2)[C@H](c2ccc(Cl)cc2)N1. The third-order valence-corrected chi connectivity index (χ3v) is 9.21. The van der Waals surface area contributed by atoms with Crippen molar-refractivity contribution < 1.29 is 19.4 Å². The van der Waals surface area contributed by atoms with Crippen LogP contribution in [0.1, 0.15) is 68.5 Å². The van der Waals surface area contributed by atoms with Crippen molar-refractivity contribution in [1.82, 2.24) is 20.4 Å². The third kappa shape index (κ3) is 7.31. The average Bonchev–Trinajstić information content (AvgIpc) is 3.42. The largest absolute Gasteiger partial charge is 0.493 e. The van der Waals surface area contributed by atoms with Gasteiger partial charge in [0.15, 0.2) is 5.66 Å². The number of amides is 1. The second-order valence-electron chi connectivity index (χ2n) is 12.8. The number of carbonyl (C=O) groups is 2. The molecule has 0 radical (unpaired) electrons. The van der Waals surface area contributed by atoms with E-state index in [-0.39, 0.29) is 29.8 Å². The van der Waals surface area contributed by atoms with Gasteiger partial charge in [-0.1, -0.05) is 80.4 Å². The number of nitrogens with one attached hydrogen (secondary N) is 2. The summed E-state index contributed by atoms with van der Waals surface area (Å²) in [5.74, 6) is -0.291. The molecule has 2 fully saturated rings. The number of carboxylic acid groups (broad SMARTS) is 1. The van der Waals surface area contributed by atoms with E-state index in [2.05, 4.69) is 42.4 Å². The van der Waals surface area contributed by atoms with Gasteiger partial charge in [-0.15, -0.1) is 0 Å². The van der Waals surface area contributed by atoms with Crippen LogP contribution in [0.3, 0.4) is 0 Å². The minimum atomic E-state index is -1.33. The Hall–Kier alpha value is -3.14. The lowest BCUT2D eigenvalue weighted by molar-refractivity contribution is -0.142. The van der Waals surface area contributed by atoms with Crippen molar-refractivity contribution in [2.45, 2.75) is 57.3 Å². The number of benzene rings is 3. The minimum absolute atomic E-state index is 0.0738. The van der Waals surface area contributed by atoms with Crippen LogP contribution < -0.4 is 15.4 Å². The fraction of sp³-hybridized carbons (Fsp3) is 0.429. The molecule has 2 aliphatic heterocycles. The standard InChI is InChI=1S/C35H42Cl2N4O4/c1-5-45-29-22-25(34(2,3)4)10-15-28(29)35(33(44)41-20-18-40(19-21-41)17-16-30(42)43)38-31(23-6-11-26(36)12-7-23)32(39-35)24-8-13-27(37)14-9-24/h6-15,22,31-32,38-39H,5,16-21H2,1-4H3,(H,42,43)/t31-,32+,35?. The number of piperazine rings is 1. The highest BCUT2D eigenvalue weighted by Gasteiger charge is 2.54. The molecule has 8 nitrogen and oxygen atoms in total. The Morgan fingerprint density at radius 1 is 0.889 bits per heavy atom. The van der Waals surface area contributed by atoms with Crippen LogP contribution in [0.15, 0.2) is 66.7 Å². The Labute approximate surface area is 275 Å². The fourth-order valence-electron chi connectivity index (χ4n) is 6.20. The Balaban J connectivity index is 1.61. The summed E-state index contributed by atoms with van der Waals surface area (Å²) >= 11 is 12.6. The van der Waals surface area contributed by atoms with Crippen molar-refractivity contribution in [2.24, 2.45) is 0 Å². The zero-order valence-corrected chi connectivity index (χ0v) is 27.8. The predicted molar refractivity (Wildman–Crippen MR) is 178 cm³/mol. The van der Waals surface area contributed by atoms with Crippen molar-refractivity contribution in [1.29, 1.82) is 0 Å². The van der Waals surface area contributed by atoms with E-state index in [0.717, 1.165) is 16.7 Å². The van der Waals surface area contributed by atoms with Gasteiger partial charge in [-0.25, -0.2) is 0 Å². The highest BCUT2D eigenvalue weighted by Crippen LogP contribution is 2.45. The summed E-state index contributed by atoms with van der Waals surface area (Å²) in [7, 11) is 0. The van der Waals surface area contributed by atoms with Gasteiger partial charge >= 0.3 is 5.97 Å². The van der Waals surface area contributed by atoms with Crippen molar-refractivity contribution in [2.75, 3.05) is 39.3 Å². The molecule has 0 spiro atoms. The Bertz CT molecular complexity index is 1450. The van der Waals surface area contributed by atoms with Crippen LogP contribution in [-0.4, -0.2) is 66.1 Å². The third-order valence-electron chi connectivity index (χ3n) is 8.71. The molecule has 5 rings (SSSR count). The van der Waals surface area contributed by atoms with E-state index in [4.69, 9.17) is 33.0 Å². The van der Waals surface area contributed by atoms with Crippen molar-refractivity contribution in [3.63, 3.8) is 0 Å². The predicted octanol–water partition coefficient (Wildman–Crippen LogP) is 6.14. The van der Waals surface area contributed by atoms with E-state index in [9.17, 15) is 9.59 Å². The van der Waals surface area contributed by atoms with Crippen LogP contribution in [-0.2, 0) is 20.7 Å². The summed E-state index contributed by atoms with van der Waals surface area (Å²) in [4.78, 5) is 30.1. The molecule has 0 saturated carbocycles. The summed E-state index contributed by atoms with van der Waals surface area (Å²) in [5.41, 5.74) is 2.31. The number of hydrogen-bond donors (Lipinski definition) is 3. The molecule has 240 valence electrons. The first-order chi connectivity index (χ1) is 21.4. The molecule has 0 aromatic heterocycles. The van der Waals surface area contributed by atoms with Crippen molar-refractivity contribution >= 4 is 35.1 Å². The minimum Gasteiger partial charge on any atom is -0.493 e. The monoisotopic (exact) mass is 652 g/mol. The van der Waals surface area contributed by atoms with E-state index in [0.29, 0.717) is 60.7 Å². The van der Waals surface area contributed by atoms with E-state index < -0.39 is 11.6 Å². The van der Waals surface area contributed by atoms with Crippen LogP contribution in [0.5, 0.6) is 5.75 Å². The van der Waals surface area contributed by atoms with Gasteiger partial charge < -0.3 is 14.7 Å². The number of ether oxygens (including phenoxy) is 1. The second-order valence-corrected chi connectivity index (χ2v) is 13.6. The fourth-order valence-corrected chi connectivity index (χ4v) is 6.45. The molecule has 0 aliphatic carbocycles. The molecule has 2 heterocycles. The molecule has 2 aliphatic rings. The van der Waals surface area contributed by atoms with Gasteiger partial charge in [-0.05, 0) is 59.4 Å². The lowest BCUT2D eigenvalue weighted by Crippen LogP contribution is -2.62. The maximum absolute atomic E-state index is 15.0. The summed E-state index contributed by atoms with van der Waals surface area (Å²) < 4.78 is 6.28. The van der Waals surface area contributed by atoms with Crippen LogP contribution in [0.25, 0.3) is 0 Å². The summed E-state index contributed by atoms with van der Waals surface area (Å²) in [6.07, 6.45) is 0.0738. The zero-order valence-electron chi connectivity index (χ0n) is 26.3. The summed E-state index contributed by atoms with van der Waals surface area (Å²) in [6.45, 7) is 11.4. The molecule has 3 aromatic carbocycles. The van der Waals surface area contributed by atoms with Crippen LogP contribution in [0, 0.1) is 0 Å². The van der Waals surface area contributed by atoms with Gasteiger partial charge in [0.1, 0.15) is 5.75 Å². The van der Waals surface area contributed by atoms with E-state index in [1.165, 1.54) is 0 Å². The van der Waals surface area contributed by atoms with Crippen LogP contribution >= 0.6 is 23.2 Å². The smallest absolute Gasteiger partial charge is 0.304 e. The van der Waals surface area contributed by atoms with E-state index >= 15 is 0 Å². The zero-order chi connectivity index (χ0) is 32.4. The molecule has 0 bridgehead atoms. The molecule has 2 saturated heterocycles. The summed E-state index contributed by atoms with van der Waals surface area (Å²) in [5, 5.41) is 18.0. The first-order valence-electron chi connectivity index (χ1n) is 15.5. The molecule has 3 atom stereocenters. The number of nitrogens with zero attached hydrogens (tertiary/aromatic N) is 2. The number of aliphatic carboxylic acids is 1. The molecular formula is C35H42Cl2N4O4.